The third kappa shape index (κ3) is 2.05. The van der Waals surface area contributed by atoms with Gasteiger partial charge in [0.15, 0.2) is 0 Å². The second kappa shape index (κ2) is 4.07. The van der Waals surface area contributed by atoms with Crippen molar-refractivity contribution < 1.29 is 8.42 Å². The van der Waals surface area contributed by atoms with Crippen molar-refractivity contribution in [2.75, 3.05) is 31.5 Å². The Labute approximate surface area is 96.5 Å². The van der Waals surface area contributed by atoms with Crippen molar-refractivity contribution in [1.82, 2.24) is 4.90 Å². The fourth-order valence-corrected chi connectivity index (χ4v) is 3.48. The van der Waals surface area contributed by atoms with Crippen LogP contribution < -0.4 is 4.31 Å². The first-order valence-electron chi connectivity index (χ1n) is 5.24. The number of para-hydroxylation sites is 1. The maximum absolute atomic E-state index is 11.9. The summed E-state index contributed by atoms with van der Waals surface area (Å²) in [4.78, 5) is 1.98. The number of hydrogen-bond acceptors (Lipinski definition) is 3. The highest BCUT2D eigenvalue weighted by atomic mass is 32.2. The minimum atomic E-state index is -3.14. The molecule has 0 amide bonds. The van der Waals surface area contributed by atoms with E-state index in [1.807, 2.05) is 43.3 Å². The summed E-state index contributed by atoms with van der Waals surface area (Å²) >= 11 is 0. The molecule has 0 saturated heterocycles. The number of fused-ring (bicyclic) bond motifs is 1. The molecule has 1 aromatic rings. The van der Waals surface area contributed by atoms with Gasteiger partial charge in [0.05, 0.1) is 11.4 Å². The van der Waals surface area contributed by atoms with Crippen LogP contribution in [0.5, 0.6) is 0 Å². The summed E-state index contributed by atoms with van der Waals surface area (Å²) < 4.78 is 25.4. The van der Waals surface area contributed by atoms with Gasteiger partial charge in [0, 0.05) is 13.1 Å². The summed E-state index contributed by atoms with van der Waals surface area (Å²) in [6.45, 7) is 1.25. The van der Waals surface area contributed by atoms with E-state index in [9.17, 15) is 8.42 Å². The van der Waals surface area contributed by atoms with E-state index in [-0.39, 0.29) is 5.75 Å². The Morgan fingerprint density at radius 1 is 1.31 bits per heavy atom. The average molecular weight is 240 g/mol. The molecule has 1 aliphatic rings. The molecule has 1 heterocycles. The van der Waals surface area contributed by atoms with Crippen LogP contribution in [0.1, 0.15) is 5.56 Å². The van der Waals surface area contributed by atoms with E-state index in [0.29, 0.717) is 6.54 Å². The van der Waals surface area contributed by atoms with Gasteiger partial charge in [0.1, 0.15) is 0 Å². The maximum atomic E-state index is 11.9. The van der Waals surface area contributed by atoms with Crippen molar-refractivity contribution in [2.24, 2.45) is 0 Å². The normalized spacial score (nSPS) is 17.8. The topological polar surface area (TPSA) is 40.6 Å². The first-order valence-corrected chi connectivity index (χ1v) is 6.85. The van der Waals surface area contributed by atoms with Crippen LogP contribution in [0.15, 0.2) is 24.3 Å². The molecule has 0 N–H and O–H groups in total. The van der Waals surface area contributed by atoms with Gasteiger partial charge in [0.2, 0.25) is 10.0 Å². The lowest BCUT2D eigenvalue weighted by Crippen LogP contribution is -2.33. The van der Waals surface area contributed by atoms with Crippen molar-refractivity contribution in [3.8, 4) is 0 Å². The Morgan fingerprint density at radius 2 is 2.00 bits per heavy atom. The predicted octanol–water partition coefficient (Wildman–Crippen LogP) is 0.898. The van der Waals surface area contributed by atoms with Crippen LogP contribution in [0.2, 0.25) is 0 Å². The molecule has 88 valence electrons. The van der Waals surface area contributed by atoms with E-state index in [0.717, 1.165) is 17.8 Å². The first-order chi connectivity index (χ1) is 7.50. The van der Waals surface area contributed by atoms with Gasteiger partial charge < -0.3 is 4.90 Å². The molecule has 0 bridgehead atoms. The molecule has 2 rings (SSSR count). The van der Waals surface area contributed by atoms with Crippen LogP contribution in [0.25, 0.3) is 0 Å². The van der Waals surface area contributed by atoms with Gasteiger partial charge in [-0.15, -0.1) is 0 Å². The molecule has 0 aromatic heterocycles. The molecule has 1 aliphatic heterocycles. The Morgan fingerprint density at radius 3 is 2.69 bits per heavy atom. The number of nitrogens with zero attached hydrogens (tertiary/aromatic N) is 2. The summed E-state index contributed by atoms with van der Waals surface area (Å²) in [6, 6.07) is 7.50. The van der Waals surface area contributed by atoms with Crippen LogP contribution >= 0.6 is 0 Å². The van der Waals surface area contributed by atoms with E-state index in [2.05, 4.69) is 0 Å². The highest BCUT2D eigenvalue weighted by molar-refractivity contribution is 7.92. The molecule has 0 aliphatic carbocycles. The third-order valence-corrected chi connectivity index (χ3v) is 4.41. The van der Waals surface area contributed by atoms with Crippen LogP contribution in [-0.2, 0) is 15.8 Å². The molecule has 0 unspecified atom stereocenters. The molecule has 1 aromatic carbocycles. The predicted molar refractivity (Wildman–Crippen MR) is 65.0 cm³/mol. The molecule has 16 heavy (non-hydrogen) atoms. The minimum Gasteiger partial charge on any atom is -0.308 e. The smallest absolute Gasteiger partial charge is 0.239 e. The molecule has 0 radical (unpaired) electrons. The van der Waals surface area contributed by atoms with Crippen molar-refractivity contribution in [2.45, 2.75) is 5.75 Å². The molecular weight excluding hydrogens is 224 g/mol. The molecule has 5 heteroatoms. The Balaban J connectivity index is 2.28. The van der Waals surface area contributed by atoms with E-state index < -0.39 is 10.0 Å². The first kappa shape index (κ1) is 11.4. The maximum Gasteiger partial charge on any atom is 0.239 e. The SMILES string of the molecule is CN(C)CCN1c2ccccc2CS1(=O)=O. The van der Waals surface area contributed by atoms with Gasteiger partial charge >= 0.3 is 0 Å². The zero-order chi connectivity index (χ0) is 11.8. The van der Waals surface area contributed by atoms with E-state index in [1.54, 1.807) is 0 Å². The number of rotatable bonds is 3. The third-order valence-electron chi connectivity index (χ3n) is 2.68. The lowest BCUT2D eigenvalue weighted by molar-refractivity contribution is 0.420. The number of sulfonamides is 1. The van der Waals surface area contributed by atoms with Crippen LogP contribution in [0, 0.1) is 0 Å². The van der Waals surface area contributed by atoms with Crippen molar-refractivity contribution in [3.05, 3.63) is 29.8 Å². The van der Waals surface area contributed by atoms with E-state index >= 15 is 0 Å². The number of likely N-dealkylation sites (N-methyl/N-ethyl adjacent to an activating group) is 1. The average Bonchev–Trinajstić information content (AvgIpc) is 2.44. The number of benzene rings is 1. The van der Waals surface area contributed by atoms with Gasteiger partial charge in [-0.05, 0) is 25.7 Å². The van der Waals surface area contributed by atoms with Crippen molar-refractivity contribution in [3.63, 3.8) is 0 Å². The van der Waals surface area contributed by atoms with E-state index in [4.69, 9.17) is 0 Å². The Bertz CT molecular complexity index is 483. The highest BCUT2D eigenvalue weighted by Gasteiger charge is 2.32. The molecular formula is C11H16N2O2S. The van der Waals surface area contributed by atoms with E-state index in [1.165, 1.54) is 4.31 Å². The van der Waals surface area contributed by atoms with Gasteiger partial charge in [-0.3, -0.25) is 4.31 Å². The van der Waals surface area contributed by atoms with Crippen LogP contribution in [0.3, 0.4) is 0 Å². The highest BCUT2D eigenvalue weighted by Crippen LogP contribution is 2.32. The van der Waals surface area contributed by atoms with Crippen LogP contribution in [0.4, 0.5) is 5.69 Å². The molecule has 0 spiro atoms. The van der Waals surface area contributed by atoms with Crippen LogP contribution in [-0.4, -0.2) is 40.5 Å². The van der Waals surface area contributed by atoms with Gasteiger partial charge in [-0.1, -0.05) is 18.2 Å². The van der Waals surface area contributed by atoms with Gasteiger partial charge in [0.25, 0.3) is 0 Å². The monoisotopic (exact) mass is 240 g/mol. The molecule has 0 atom stereocenters. The Hall–Kier alpha value is -1.07. The standard InChI is InChI=1S/C11H16N2O2S/c1-12(2)7-8-13-11-6-4-3-5-10(11)9-16(13,14)15/h3-6H,7-9H2,1-2H3. The fourth-order valence-electron chi connectivity index (χ4n) is 1.85. The Kier molecular flexibility index (Phi) is 2.90. The molecule has 0 saturated carbocycles. The van der Waals surface area contributed by atoms with Gasteiger partial charge in [-0.2, -0.15) is 0 Å². The van der Waals surface area contributed by atoms with Crippen molar-refractivity contribution in [1.29, 1.82) is 0 Å². The lowest BCUT2D eigenvalue weighted by atomic mass is 10.2. The second-order valence-corrected chi connectivity index (χ2v) is 6.15. The second-order valence-electron chi connectivity index (χ2n) is 4.26. The summed E-state index contributed by atoms with van der Waals surface area (Å²) in [5.74, 6) is 0.136. The number of hydrogen-bond donors (Lipinski definition) is 0. The van der Waals surface area contributed by atoms with Gasteiger partial charge in [-0.25, -0.2) is 8.42 Å². The summed E-state index contributed by atoms with van der Waals surface area (Å²) in [6.07, 6.45) is 0. The summed E-state index contributed by atoms with van der Waals surface area (Å²) in [5, 5.41) is 0. The largest absolute Gasteiger partial charge is 0.308 e. The summed E-state index contributed by atoms with van der Waals surface area (Å²) in [7, 11) is 0.743. The molecule has 4 nitrogen and oxygen atoms in total. The van der Waals surface area contributed by atoms with Crippen molar-refractivity contribution >= 4 is 15.7 Å². The lowest BCUT2D eigenvalue weighted by Gasteiger charge is -2.20. The zero-order valence-corrected chi connectivity index (χ0v) is 10.4. The molecule has 0 fully saturated rings. The fraction of sp³-hybridized carbons (Fsp3) is 0.455. The quantitative estimate of drug-likeness (QED) is 0.788. The summed E-state index contributed by atoms with van der Waals surface area (Å²) in [5.41, 5.74) is 1.74. The number of anilines is 1. The minimum absolute atomic E-state index is 0.136. The zero-order valence-electron chi connectivity index (χ0n) is 9.55.